The lowest BCUT2D eigenvalue weighted by molar-refractivity contribution is -0.118. The number of sulfonamides is 1. The number of hydrogen-bond donors (Lipinski definition) is 0. The molecule has 1 unspecified atom stereocenters. The number of anilines is 2. The Balaban J connectivity index is 1.54. The Morgan fingerprint density at radius 1 is 1.10 bits per heavy atom. The summed E-state index contributed by atoms with van der Waals surface area (Å²) in [5.74, 6) is -0.311. The van der Waals surface area contributed by atoms with Gasteiger partial charge in [-0.2, -0.15) is 4.31 Å². The highest BCUT2D eigenvalue weighted by molar-refractivity contribution is 7.89. The van der Waals surface area contributed by atoms with Crippen LogP contribution < -0.4 is 9.80 Å². The Morgan fingerprint density at radius 2 is 1.83 bits per heavy atom. The number of nitrogens with zero attached hydrogens (tertiary/aromatic N) is 3. The van der Waals surface area contributed by atoms with Crippen LogP contribution in [0.3, 0.4) is 0 Å². The highest BCUT2D eigenvalue weighted by Gasteiger charge is 2.32. The van der Waals surface area contributed by atoms with Crippen LogP contribution in [0.15, 0.2) is 47.4 Å². The Bertz CT molecular complexity index is 1130. The van der Waals surface area contributed by atoms with E-state index in [0.717, 1.165) is 33.2 Å². The van der Waals surface area contributed by atoms with E-state index in [1.54, 1.807) is 21.9 Å². The topological polar surface area (TPSA) is 78.0 Å². The lowest BCUT2D eigenvalue weighted by atomic mass is 10.1. The summed E-state index contributed by atoms with van der Waals surface area (Å²) < 4.78 is 27.3. The van der Waals surface area contributed by atoms with Crippen molar-refractivity contribution in [2.45, 2.75) is 37.6 Å². The van der Waals surface area contributed by atoms with Crippen molar-refractivity contribution in [1.29, 1.82) is 0 Å². The predicted molar refractivity (Wildman–Crippen MR) is 115 cm³/mol. The van der Waals surface area contributed by atoms with Crippen LogP contribution in [0.4, 0.5) is 11.4 Å². The molecule has 0 aromatic heterocycles. The fourth-order valence-electron chi connectivity index (χ4n) is 4.39. The molecule has 4 rings (SSSR count). The van der Waals surface area contributed by atoms with Gasteiger partial charge in [0.15, 0.2) is 0 Å². The average molecular weight is 428 g/mol. The zero-order chi connectivity index (χ0) is 21.6. The number of hydrogen-bond acceptors (Lipinski definition) is 4. The van der Waals surface area contributed by atoms with Crippen molar-refractivity contribution in [2.24, 2.45) is 0 Å². The molecule has 0 saturated heterocycles. The van der Waals surface area contributed by atoms with Gasteiger partial charge in [-0.25, -0.2) is 8.42 Å². The van der Waals surface area contributed by atoms with E-state index in [4.69, 9.17) is 0 Å². The van der Waals surface area contributed by atoms with Gasteiger partial charge in [0.05, 0.1) is 11.4 Å². The average Bonchev–Trinajstić information content (AvgIpc) is 3.27. The predicted octanol–water partition coefficient (Wildman–Crippen LogP) is 2.19. The minimum atomic E-state index is -3.84. The number of rotatable bonds is 4. The van der Waals surface area contributed by atoms with Crippen molar-refractivity contribution in [2.75, 3.05) is 29.9 Å². The lowest BCUT2D eigenvalue weighted by Gasteiger charge is -2.23. The van der Waals surface area contributed by atoms with E-state index in [2.05, 4.69) is 0 Å². The Labute approximate surface area is 176 Å². The highest BCUT2D eigenvalue weighted by atomic mass is 32.2. The maximum Gasteiger partial charge on any atom is 0.243 e. The van der Waals surface area contributed by atoms with Crippen LogP contribution in [-0.2, 0) is 32.5 Å². The molecule has 0 spiro atoms. The van der Waals surface area contributed by atoms with Gasteiger partial charge in [-0.15, -0.1) is 0 Å². The molecule has 2 aromatic rings. The van der Waals surface area contributed by atoms with Crippen molar-refractivity contribution in [3.63, 3.8) is 0 Å². The minimum absolute atomic E-state index is 0.00926. The third-order valence-electron chi connectivity index (χ3n) is 5.86. The summed E-state index contributed by atoms with van der Waals surface area (Å²) in [5, 5.41) is 0. The maximum absolute atomic E-state index is 13.1. The molecule has 2 aromatic carbocycles. The monoisotopic (exact) mass is 427 g/mol. The number of benzene rings is 2. The summed E-state index contributed by atoms with van der Waals surface area (Å²) in [6, 6.07) is 12.5. The van der Waals surface area contributed by atoms with E-state index in [0.29, 0.717) is 13.0 Å². The van der Waals surface area contributed by atoms with Crippen LogP contribution in [-0.4, -0.2) is 50.7 Å². The molecule has 0 N–H and O–H groups in total. The van der Waals surface area contributed by atoms with Gasteiger partial charge in [0.25, 0.3) is 0 Å². The molecular weight excluding hydrogens is 402 g/mol. The number of fused-ring (bicyclic) bond motifs is 2. The number of amides is 2. The standard InChI is InChI=1S/C22H25N3O4S/c1-15-12-18-13-19(8-9-21(18)25(15)16(2)26)30(28,29)23(3)14-22(27)24-11-10-17-6-4-5-7-20(17)24/h4-9,13,15H,10-12,14H2,1-3H3. The second-order valence-electron chi connectivity index (χ2n) is 7.92. The fourth-order valence-corrected chi connectivity index (χ4v) is 5.56. The first-order valence-corrected chi connectivity index (χ1v) is 11.4. The first kappa shape index (κ1) is 20.6. The van der Waals surface area contributed by atoms with E-state index in [1.165, 1.54) is 20.0 Å². The molecule has 2 aliphatic heterocycles. The molecule has 7 nitrogen and oxygen atoms in total. The zero-order valence-corrected chi connectivity index (χ0v) is 18.1. The van der Waals surface area contributed by atoms with E-state index in [9.17, 15) is 18.0 Å². The number of carbonyl (C=O) groups is 2. The van der Waals surface area contributed by atoms with E-state index in [-0.39, 0.29) is 29.3 Å². The van der Waals surface area contributed by atoms with Crippen molar-refractivity contribution >= 4 is 33.2 Å². The van der Waals surface area contributed by atoms with Crippen LogP contribution in [0.25, 0.3) is 0 Å². The molecule has 30 heavy (non-hydrogen) atoms. The van der Waals surface area contributed by atoms with Crippen molar-refractivity contribution < 1.29 is 18.0 Å². The molecule has 0 saturated carbocycles. The summed E-state index contributed by atoms with van der Waals surface area (Å²) >= 11 is 0. The second-order valence-corrected chi connectivity index (χ2v) is 9.96. The molecule has 158 valence electrons. The van der Waals surface area contributed by atoms with Gasteiger partial charge in [-0.1, -0.05) is 18.2 Å². The quantitative estimate of drug-likeness (QED) is 0.749. The molecule has 0 radical (unpaired) electrons. The van der Waals surface area contributed by atoms with Gasteiger partial charge in [0, 0.05) is 37.9 Å². The molecule has 1 atom stereocenters. The number of para-hydroxylation sites is 1. The van der Waals surface area contributed by atoms with Gasteiger partial charge in [0.2, 0.25) is 21.8 Å². The molecular formula is C22H25N3O4S. The third-order valence-corrected chi connectivity index (χ3v) is 7.66. The van der Waals surface area contributed by atoms with Gasteiger partial charge in [-0.05, 0) is 55.2 Å². The van der Waals surface area contributed by atoms with Crippen LogP contribution >= 0.6 is 0 Å². The molecule has 0 bridgehead atoms. The van der Waals surface area contributed by atoms with Gasteiger partial charge < -0.3 is 9.80 Å². The normalized spacial score (nSPS) is 17.9. The summed E-state index contributed by atoms with van der Waals surface area (Å²) in [5.41, 5.74) is 3.52. The molecule has 0 aliphatic carbocycles. The Kier molecular flexibility index (Phi) is 5.15. The van der Waals surface area contributed by atoms with Crippen LogP contribution in [0.1, 0.15) is 25.0 Å². The summed E-state index contributed by atoms with van der Waals surface area (Å²) in [7, 11) is -2.41. The van der Waals surface area contributed by atoms with Gasteiger partial charge >= 0.3 is 0 Å². The van der Waals surface area contributed by atoms with Crippen LogP contribution in [0.2, 0.25) is 0 Å². The van der Waals surface area contributed by atoms with Gasteiger partial charge in [-0.3, -0.25) is 9.59 Å². The summed E-state index contributed by atoms with van der Waals surface area (Å²) in [6.45, 7) is 3.77. The second kappa shape index (κ2) is 7.52. The molecule has 2 heterocycles. The summed E-state index contributed by atoms with van der Waals surface area (Å²) in [4.78, 5) is 28.2. The molecule has 0 fully saturated rings. The van der Waals surface area contributed by atoms with Gasteiger partial charge in [0.1, 0.15) is 0 Å². The molecule has 2 aliphatic rings. The molecule has 2 amide bonds. The first-order chi connectivity index (χ1) is 14.2. The third kappa shape index (κ3) is 3.40. The lowest BCUT2D eigenvalue weighted by Crippen LogP contribution is -2.40. The van der Waals surface area contributed by atoms with Crippen LogP contribution in [0, 0.1) is 0 Å². The van der Waals surface area contributed by atoms with E-state index >= 15 is 0 Å². The van der Waals surface area contributed by atoms with Crippen molar-refractivity contribution in [3.05, 3.63) is 53.6 Å². The minimum Gasteiger partial charge on any atom is -0.311 e. The number of carbonyl (C=O) groups excluding carboxylic acids is 2. The summed E-state index contributed by atoms with van der Waals surface area (Å²) in [6.07, 6.45) is 1.37. The Hall–Kier alpha value is -2.71. The molecule has 8 heteroatoms. The SMILES string of the molecule is CC(=O)N1c2ccc(S(=O)(=O)N(C)CC(=O)N3CCc4ccccc43)cc2CC1C. The maximum atomic E-state index is 13.1. The van der Waals surface area contributed by atoms with Crippen molar-refractivity contribution in [1.82, 2.24) is 4.31 Å². The van der Waals surface area contributed by atoms with Crippen LogP contribution in [0.5, 0.6) is 0 Å². The van der Waals surface area contributed by atoms with E-state index < -0.39 is 10.0 Å². The van der Waals surface area contributed by atoms with Crippen molar-refractivity contribution in [3.8, 4) is 0 Å². The fraction of sp³-hybridized carbons (Fsp3) is 0.364. The zero-order valence-electron chi connectivity index (χ0n) is 17.3. The van der Waals surface area contributed by atoms with E-state index in [1.807, 2.05) is 31.2 Å². The largest absolute Gasteiger partial charge is 0.311 e. The highest BCUT2D eigenvalue weighted by Crippen LogP contribution is 2.34. The smallest absolute Gasteiger partial charge is 0.243 e. The first-order valence-electron chi connectivity index (χ1n) is 9.97. The number of likely N-dealkylation sites (N-methyl/N-ethyl adjacent to an activating group) is 1. The Morgan fingerprint density at radius 3 is 2.57 bits per heavy atom.